The third-order valence-corrected chi connectivity index (χ3v) is 3.84. The molecule has 3 nitrogen and oxygen atoms in total. The lowest BCUT2D eigenvalue weighted by molar-refractivity contribution is 0.686. The largest absolute Gasteiger partial charge is 0.309 e. The Hall–Kier alpha value is -1.13. The lowest BCUT2D eigenvalue weighted by atomic mass is 10.0. The molecular formula is C13H19N3S. The second-order valence-electron chi connectivity index (χ2n) is 4.27. The number of rotatable bonds is 4. The van der Waals surface area contributed by atoms with Crippen LogP contribution in [0.2, 0.25) is 0 Å². The highest BCUT2D eigenvalue weighted by molar-refractivity contribution is 7.10. The number of aromatic nitrogens is 2. The Bertz CT molecular complexity index is 498. The van der Waals surface area contributed by atoms with Gasteiger partial charge < -0.3 is 5.32 Å². The van der Waals surface area contributed by atoms with E-state index in [0.717, 1.165) is 6.42 Å². The maximum absolute atomic E-state index is 4.51. The molecule has 0 saturated heterocycles. The number of nitrogens with zero attached hydrogens (tertiary/aromatic N) is 2. The third-order valence-electron chi connectivity index (χ3n) is 2.96. The molecule has 2 rings (SSSR count). The van der Waals surface area contributed by atoms with Gasteiger partial charge in [0.25, 0.3) is 0 Å². The van der Waals surface area contributed by atoms with Gasteiger partial charge in [0.1, 0.15) is 0 Å². The average molecular weight is 249 g/mol. The molecule has 2 aromatic rings. The van der Waals surface area contributed by atoms with Crippen LogP contribution in [0.25, 0.3) is 0 Å². The van der Waals surface area contributed by atoms with E-state index in [4.69, 9.17) is 0 Å². The predicted molar refractivity (Wildman–Crippen MR) is 72.5 cm³/mol. The summed E-state index contributed by atoms with van der Waals surface area (Å²) in [5, 5.41) is 10.1. The molecule has 1 N–H and O–H groups in total. The fourth-order valence-electron chi connectivity index (χ4n) is 2.19. The van der Waals surface area contributed by atoms with Gasteiger partial charge >= 0.3 is 0 Å². The van der Waals surface area contributed by atoms with Gasteiger partial charge in [-0.05, 0) is 37.4 Å². The minimum Gasteiger partial charge on any atom is -0.309 e. The summed E-state index contributed by atoms with van der Waals surface area (Å²) < 4.78 is 1.90. The zero-order chi connectivity index (χ0) is 12.4. The van der Waals surface area contributed by atoms with Crippen LogP contribution in [0.5, 0.6) is 0 Å². The van der Waals surface area contributed by atoms with Crippen molar-refractivity contribution in [1.29, 1.82) is 0 Å². The van der Waals surface area contributed by atoms with E-state index < -0.39 is 0 Å². The lowest BCUT2D eigenvalue weighted by Gasteiger charge is -2.14. The summed E-state index contributed by atoms with van der Waals surface area (Å²) in [6, 6.07) is 2.50. The van der Waals surface area contributed by atoms with Gasteiger partial charge in [-0.1, -0.05) is 6.92 Å². The lowest BCUT2D eigenvalue weighted by Crippen LogP contribution is -2.17. The van der Waals surface area contributed by atoms with E-state index in [1.54, 1.807) is 11.3 Å². The fraction of sp³-hybridized carbons (Fsp3) is 0.462. The predicted octanol–water partition coefficient (Wildman–Crippen LogP) is 2.66. The van der Waals surface area contributed by atoms with E-state index in [9.17, 15) is 0 Å². The molecule has 0 aliphatic rings. The Balaban J connectivity index is 2.41. The first-order valence-corrected chi connectivity index (χ1v) is 6.78. The zero-order valence-corrected chi connectivity index (χ0v) is 11.6. The van der Waals surface area contributed by atoms with E-state index in [2.05, 4.69) is 41.9 Å². The van der Waals surface area contributed by atoms with E-state index in [0.29, 0.717) is 0 Å². The van der Waals surface area contributed by atoms with Gasteiger partial charge in [0.05, 0.1) is 11.7 Å². The second kappa shape index (κ2) is 5.02. The van der Waals surface area contributed by atoms with Crippen LogP contribution in [0.15, 0.2) is 17.6 Å². The number of hydrogen-bond donors (Lipinski definition) is 1. The van der Waals surface area contributed by atoms with Crippen LogP contribution in [0.1, 0.15) is 34.7 Å². The molecule has 0 aliphatic carbocycles. The van der Waals surface area contributed by atoms with Gasteiger partial charge in [0, 0.05) is 23.7 Å². The zero-order valence-electron chi connectivity index (χ0n) is 10.8. The maximum Gasteiger partial charge on any atom is 0.0673 e. The topological polar surface area (TPSA) is 29.9 Å². The van der Waals surface area contributed by atoms with Crippen LogP contribution >= 0.6 is 11.3 Å². The molecule has 0 bridgehead atoms. The van der Waals surface area contributed by atoms with E-state index in [1.165, 1.54) is 21.7 Å². The highest BCUT2D eigenvalue weighted by atomic mass is 32.1. The van der Waals surface area contributed by atoms with Crippen molar-refractivity contribution in [3.05, 3.63) is 39.3 Å². The first-order chi connectivity index (χ1) is 8.15. The van der Waals surface area contributed by atoms with Gasteiger partial charge in [-0.15, -0.1) is 11.3 Å². The SMILES string of the molecule is CCc1nn(C)cc1C(NC)c1csc(C)c1. The molecule has 0 radical (unpaired) electrons. The molecular weight excluding hydrogens is 230 g/mol. The van der Waals surface area contributed by atoms with Crippen molar-refractivity contribution in [2.24, 2.45) is 7.05 Å². The summed E-state index contributed by atoms with van der Waals surface area (Å²) >= 11 is 1.80. The van der Waals surface area contributed by atoms with E-state index in [-0.39, 0.29) is 6.04 Å². The first-order valence-electron chi connectivity index (χ1n) is 5.90. The fourth-order valence-corrected chi connectivity index (χ4v) is 2.92. The molecule has 4 heteroatoms. The molecule has 0 fully saturated rings. The van der Waals surface area contributed by atoms with Gasteiger partial charge in [-0.3, -0.25) is 4.68 Å². The van der Waals surface area contributed by atoms with Crippen LogP contribution < -0.4 is 5.32 Å². The molecule has 0 amide bonds. The highest BCUT2D eigenvalue weighted by Crippen LogP contribution is 2.27. The van der Waals surface area contributed by atoms with Crippen LogP contribution in [0.4, 0.5) is 0 Å². The quantitative estimate of drug-likeness (QED) is 0.903. The normalized spacial score (nSPS) is 12.9. The second-order valence-corrected chi connectivity index (χ2v) is 5.39. The highest BCUT2D eigenvalue weighted by Gasteiger charge is 2.18. The maximum atomic E-state index is 4.51. The molecule has 1 atom stereocenters. The van der Waals surface area contributed by atoms with Crippen molar-refractivity contribution in [2.45, 2.75) is 26.3 Å². The van der Waals surface area contributed by atoms with Gasteiger partial charge in [-0.25, -0.2) is 0 Å². The van der Waals surface area contributed by atoms with Crippen molar-refractivity contribution in [3.63, 3.8) is 0 Å². The number of aryl methyl sites for hydroxylation is 3. The Morgan fingerprint density at radius 3 is 2.82 bits per heavy atom. The molecule has 0 saturated carbocycles. The summed E-state index contributed by atoms with van der Waals surface area (Å²) in [6.45, 7) is 4.29. The van der Waals surface area contributed by atoms with Crippen molar-refractivity contribution in [3.8, 4) is 0 Å². The molecule has 17 heavy (non-hydrogen) atoms. The Kier molecular flexibility index (Phi) is 3.64. The third kappa shape index (κ3) is 2.42. The number of hydrogen-bond acceptors (Lipinski definition) is 3. The monoisotopic (exact) mass is 249 g/mol. The standard InChI is InChI=1S/C13H19N3S/c1-5-12-11(7-16(4)15-12)13(14-3)10-6-9(2)17-8-10/h6-8,13-14H,5H2,1-4H3. The Morgan fingerprint density at radius 2 is 2.29 bits per heavy atom. The van der Waals surface area contributed by atoms with Crippen LogP contribution in [-0.2, 0) is 13.5 Å². The van der Waals surface area contributed by atoms with Crippen LogP contribution in [-0.4, -0.2) is 16.8 Å². The molecule has 1 unspecified atom stereocenters. The number of thiophene rings is 1. The van der Waals surface area contributed by atoms with Gasteiger partial charge in [0.2, 0.25) is 0 Å². The van der Waals surface area contributed by atoms with E-state index >= 15 is 0 Å². The van der Waals surface area contributed by atoms with E-state index in [1.807, 2.05) is 18.8 Å². The average Bonchev–Trinajstić information content (AvgIpc) is 2.87. The molecule has 0 aliphatic heterocycles. The summed E-state index contributed by atoms with van der Waals surface area (Å²) in [6.07, 6.45) is 3.09. The van der Waals surface area contributed by atoms with Crippen LogP contribution in [0, 0.1) is 6.92 Å². The Morgan fingerprint density at radius 1 is 1.53 bits per heavy atom. The number of nitrogens with one attached hydrogen (secondary N) is 1. The van der Waals surface area contributed by atoms with Crippen molar-refractivity contribution < 1.29 is 0 Å². The minimum atomic E-state index is 0.253. The van der Waals surface area contributed by atoms with Crippen molar-refractivity contribution >= 4 is 11.3 Å². The van der Waals surface area contributed by atoms with Gasteiger partial charge in [-0.2, -0.15) is 5.10 Å². The first kappa shape index (κ1) is 12.3. The molecule has 0 spiro atoms. The molecule has 2 heterocycles. The minimum absolute atomic E-state index is 0.253. The van der Waals surface area contributed by atoms with Crippen LogP contribution in [0.3, 0.4) is 0 Å². The molecule has 2 aromatic heterocycles. The summed E-state index contributed by atoms with van der Waals surface area (Å²) in [5.74, 6) is 0. The smallest absolute Gasteiger partial charge is 0.0673 e. The molecule has 92 valence electrons. The van der Waals surface area contributed by atoms with Gasteiger partial charge in [0.15, 0.2) is 0 Å². The summed E-state index contributed by atoms with van der Waals surface area (Å²) in [4.78, 5) is 1.35. The summed E-state index contributed by atoms with van der Waals surface area (Å²) in [5.41, 5.74) is 3.80. The van der Waals surface area contributed by atoms with Crippen molar-refractivity contribution in [1.82, 2.24) is 15.1 Å². The molecule has 0 aromatic carbocycles. The Labute approximate surface area is 106 Å². The van der Waals surface area contributed by atoms with Crippen molar-refractivity contribution in [2.75, 3.05) is 7.05 Å². The summed E-state index contributed by atoms with van der Waals surface area (Å²) in [7, 11) is 3.98.